The van der Waals surface area contributed by atoms with Crippen molar-refractivity contribution >= 4 is 10.9 Å². The second kappa shape index (κ2) is 4.36. The molecule has 1 aromatic heterocycles. The van der Waals surface area contributed by atoms with Gasteiger partial charge < -0.3 is 5.73 Å². The Labute approximate surface area is 109 Å². The van der Waals surface area contributed by atoms with Gasteiger partial charge in [-0.2, -0.15) is 0 Å². The highest BCUT2D eigenvalue weighted by Gasteiger charge is 2.14. The molecule has 0 bridgehead atoms. The van der Waals surface area contributed by atoms with Crippen molar-refractivity contribution < 1.29 is 0 Å². The third kappa shape index (κ3) is 2.54. The van der Waals surface area contributed by atoms with E-state index in [1.807, 2.05) is 13.8 Å². The topological polar surface area (TPSA) is 38.9 Å². The summed E-state index contributed by atoms with van der Waals surface area (Å²) in [6.07, 6.45) is 0.803. The third-order valence-corrected chi connectivity index (χ3v) is 3.40. The Morgan fingerprint density at radius 3 is 2.39 bits per heavy atom. The molecular formula is C16H22N2. The highest BCUT2D eigenvalue weighted by Crippen LogP contribution is 2.24. The van der Waals surface area contributed by atoms with Crippen LogP contribution in [0.2, 0.25) is 0 Å². The number of fused-ring (bicyclic) bond motifs is 1. The van der Waals surface area contributed by atoms with Gasteiger partial charge in [0.1, 0.15) is 0 Å². The van der Waals surface area contributed by atoms with E-state index in [1.165, 1.54) is 22.1 Å². The van der Waals surface area contributed by atoms with Gasteiger partial charge in [-0.05, 0) is 57.4 Å². The minimum absolute atomic E-state index is 0.217. The van der Waals surface area contributed by atoms with Gasteiger partial charge >= 0.3 is 0 Å². The number of pyridine rings is 1. The Hall–Kier alpha value is -1.41. The van der Waals surface area contributed by atoms with Crippen molar-refractivity contribution in [3.63, 3.8) is 0 Å². The molecule has 2 nitrogen and oxygen atoms in total. The number of aromatic nitrogens is 1. The molecule has 0 amide bonds. The van der Waals surface area contributed by atoms with Gasteiger partial charge in [0.2, 0.25) is 0 Å². The van der Waals surface area contributed by atoms with E-state index in [9.17, 15) is 0 Å². The molecule has 0 aliphatic rings. The average Bonchev–Trinajstić information content (AvgIpc) is 2.21. The average molecular weight is 242 g/mol. The van der Waals surface area contributed by atoms with Crippen molar-refractivity contribution in [2.75, 3.05) is 0 Å². The van der Waals surface area contributed by atoms with Crippen LogP contribution in [0.25, 0.3) is 10.9 Å². The molecular weight excluding hydrogens is 220 g/mol. The van der Waals surface area contributed by atoms with Gasteiger partial charge in [0, 0.05) is 23.0 Å². The highest BCUT2D eigenvalue weighted by molar-refractivity contribution is 5.85. The van der Waals surface area contributed by atoms with Crippen molar-refractivity contribution in [3.8, 4) is 0 Å². The van der Waals surface area contributed by atoms with Gasteiger partial charge in [-0.1, -0.05) is 12.1 Å². The first-order chi connectivity index (χ1) is 8.28. The van der Waals surface area contributed by atoms with E-state index in [0.29, 0.717) is 0 Å². The van der Waals surface area contributed by atoms with Crippen molar-refractivity contribution in [1.29, 1.82) is 0 Å². The molecule has 0 unspecified atom stereocenters. The molecule has 0 saturated carbocycles. The number of aryl methyl sites for hydroxylation is 3. The monoisotopic (exact) mass is 242 g/mol. The van der Waals surface area contributed by atoms with Crippen LogP contribution in [-0.4, -0.2) is 10.5 Å². The Morgan fingerprint density at radius 1 is 1.11 bits per heavy atom. The lowest BCUT2D eigenvalue weighted by molar-refractivity contribution is 0.511. The summed E-state index contributed by atoms with van der Waals surface area (Å²) in [6, 6.07) is 6.49. The number of benzene rings is 1. The summed E-state index contributed by atoms with van der Waals surface area (Å²) in [6.45, 7) is 10.5. The fraction of sp³-hybridized carbons (Fsp3) is 0.438. The maximum atomic E-state index is 6.09. The number of nitrogens with zero attached hydrogens (tertiary/aromatic N) is 1. The molecule has 0 atom stereocenters. The van der Waals surface area contributed by atoms with Gasteiger partial charge in [0.25, 0.3) is 0 Å². The fourth-order valence-electron chi connectivity index (χ4n) is 2.32. The zero-order valence-electron chi connectivity index (χ0n) is 12.0. The third-order valence-electron chi connectivity index (χ3n) is 3.40. The summed E-state index contributed by atoms with van der Waals surface area (Å²) < 4.78 is 0. The van der Waals surface area contributed by atoms with Crippen molar-refractivity contribution in [2.45, 2.75) is 46.6 Å². The molecule has 0 aliphatic carbocycles. The van der Waals surface area contributed by atoms with Crippen molar-refractivity contribution in [2.24, 2.45) is 5.73 Å². The second-order valence-electron chi connectivity index (χ2n) is 6.00. The molecule has 18 heavy (non-hydrogen) atoms. The summed E-state index contributed by atoms with van der Waals surface area (Å²) >= 11 is 0. The minimum Gasteiger partial charge on any atom is -0.325 e. The van der Waals surface area contributed by atoms with Gasteiger partial charge in [-0.15, -0.1) is 0 Å². The van der Waals surface area contributed by atoms with Crippen LogP contribution in [0.3, 0.4) is 0 Å². The maximum Gasteiger partial charge on any atom is 0.0739 e. The number of hydrogen-bond acceptors (Lipinski definition) is 2. The summed E-state index contributed by atoms with van der Waals surface area (Å²) in [5.41, 5.74) is 11.9. The molecule has 2 aromatic rings. The molecule has 0 radical (unpaired) electrons. The van der Waals surface area contributed by atoms with E-state index < -0.39 is 0 Å². The molecule has 0 fully saturated rings. The second-order valence-corrected chi connectivity index (χ2v) is 6.00. The van der Waals surface area contributed by atoms with Gasteiger partial charge in [-0.25, -0.2) is 0 Å². The lowest BCUT2D eigenvalue weighted by atomic mass is 9.96. The summed E-state index contributed by atoms with van der Waals surface area (Å²) in [5.74, 6) is 0. The number of hydrogen-bond donors (Lipinski definition) is 1. The largest absolute Gasteiger partial charge is 0.325 e. The van der Waals surface area contributed by atoms with Crippen LogP contribution in [0, 0.1) is 20.8 Å². The molecule has 0 spiro atoms. The first-order valence-electron chi connectivity index (χ1n) is 6.43. The Balaban J connectivity index is 2.63. The number of nitrogens with two attached hydrogens (primary N) is 1. The Morgan fingerprint density at radius 2 is 1.78 bits per heavy atom. The zero-order valence-corrected chi connectivity index (χ0v) is 12.0. The quantitative estimate of drug-likeness (QED) is 0.876. The van der Waals surface area contributed by atoms with Crippen LogP contribution in [0.5, 0.6) is 0 Å². The molecule has 2 heteroatoms. The molecule has 2 N–H and O–H groups in total. The van der Waals surface area contributed by atoms with E-state index >= 15 is 0 Å². The summed E-state index contributed by atoms with van der Waals surface area (Å²) in [5, 5.41) is 1.25. The smallest absolute Gasteiger partial charge is 0.0739 e. The van der Waals surface area contributed by atoms with Crippen LogP contribution in [0.15, 0.2) is 18.2 Å². The highest BCUT2D eigenvalue weighted by atomic mass is 14.8. The lowest BCUT2D eigenvalue weighted by Gasteiger charge is -2.19. The van der Waals surface area contributed by atoms with E-state index in [0.717, 1.165) is 17.6 Å². The van der Waals surface area contributed by atoms with Crippen LogP contribution in [-0.2, 0) is 6.42 Å². The summed E-state index contributed by atoms with van der Waals surface area (Å²) in [4.78, 5) is 4.80. The number of rotatable bonds is 2. The first-order valence-corrected chi connectivity index (χ1v) is 6.43. The van der Waals surface area contributed by atoms with E-state index in [4.69, 9.17) is 10.7 Å². The lowest BCUT2D eigenvalue weighted by Crippen LogP contribution is -2.34. The maximum absolute atomic E-state index is 6.09. The van der Waals surface area contributed by atoms with Gasteiger partial charge in [-0.3, -0.25) is 4.98 Å². The summed E-state index contributed by atoms with van der Waals surface area (Å²) in [7, 11) is 0. The fourth-order valence-corrected chi connectivity index (χ4v) is 2.32. The van der Waals surface area contributed by atoms with E-state index in [2.05, 4.69) is 39.0 Å². The van der Waals surface area contributed by atoms with Gasteiger partial charge in [0.05, 0.1) is 5.52 Å². The first kappa shape index (κ1) is 13.0. The molecule has 1 heterocycles. The Kier molecular flexibility index (Phi) is 3.16. The van der Waals surface area contributed by atoms with Crippen LogP contribution in [0.4, 0.5) is 0 Å². The van der Waals surface area contributed by atoms with E-state index in [-0.39, 0.29) is 5.54 Å². The van der Waals surface area contributed by atoms with Gasteiger partial charge in [0.15, 0.2) is 0 Å². The predicted octanol–water partition coefficient (Wildman–Crippen LogP) is 3.44. The SMILES string of the molecule is Cc1ccc2c(C)cc(CC(C)(C)N)nc2c1C. The van der Waals surface area contributed by atoms with E-state index in [1.54, 1.807) is 0 Å². The molecule has 2 rings (SSSR count). The molecule has 0 saturated heterocycles. The minimum atomic E-state index is -0.217. The molecule has 96 valence electrons. The molecule has 1 aromatic carbocycles. The van der Waals surface area contributed by atoms with Crippen LogP contribution >= 0.6 is 0 Å². The normalized spacial score (nSPS) is 12.1. The van der Waals surface area contributed by atoms with Crippen molar-refractivity contribution in [3.05, 3.63) is 40.6 Å². The van der Waals surface area contributed by atoms with Crippen LogP contribution in [0.1, 0.15) is 36.2 Å². The standard InChI is InChI=1S/C16H22N2/c1-10-6-7-14-11(2)8-13(9-16(4,5)17)18-15(14)12(10)3/h6-8H,9,17H2,1-5H3. The Bertz CT molecular complexity index is 592. The van der Waals surface area contributed by atoms with Crippen LogP contribution < -0.4 is 5.73 Å². The van der Waals surface area contributed by atoms with Crippen molar-refractivity contribution in [1.82, 2.24) is 4.98 Å². The molecule has 0 aliphatic heterocycles. The predicted molar refractivity (Wildman–Crippen MR) is 77.9 cm³/mol. The zero-order chi connectivity index (χ0) is 13.5.